The van der Waals surface area contributed by atoms with E-state index in [1.165, 1.54) is 0 Å². The van der Waals surface area contributed by atoms with Crippen LogP contribution < -0.4 is 0 Å². The van der Waals surface area contributed by atoms with Crippen LogP contribution in [-0.4, -0.2) is 10.9 Å². The van der Waals surface area contributed by atoms with Gasteiger partial charge in [0.25, 0.3) is 0 Å². The number of carbonyl (C=O) groups is 1. The number of rotatable bonds is 3. The maximum absolute atomic E-state index is 13.6. The molecule has 0 amide bonds. The molecule has 2 aromatic carbocycles. The Morgan fingerprint density at radius 1 is 0.571 bits per heavy atom. The molecular formula is C19H6F14O2. The summed E-state index contributed by atoms with van der Waals surface area (Å²) in [6.45, 7) is 0. The Balaban J connectivity index is 2.80. The molecule has 2 rings (SSSR count). The number of allylic oxidation sites excluding steroid dienone is 1. The SMILES string of the molecule is O=C(C=C(O)c1cc(C(F)(F)F)c(F)cc1C(F)(F)F)c1cc(C(F)(F)F)c(F)cc1C(F)(F)F. The van der Waals surface area contributed by atoms with E-state index < -0.39 is 112 Å². The lowest BCUT2D eigenvalue weighted by Gasteiger charge is -2.17. The lowest BCUT2D eigenvalue weighted by atomic mass is 9.96. The van der Waals surface area contributed by atoms with E-state index in [0.29, 0.717) is 0 Å². The molecule has 0 fully saturated rings. The average Bonchev–Trinajstić information content (AvgIpc) is 2.63. The molecule has 0 heterocycles. The fourth-order valence-corrected chi connectivity index (χ4v) is 2.75. The molecule has 0 aliphatic carbocycles. The third kappa shape index (κ3) is 6.03. The van der Waals surface area contributed by atoms with Crippen molar-refractivity contribution in [2.75, 3.05) is 0 Å². The molecule has 0 saturated heterocycles. The highest BCUT2D eigenvalue weighted by Crippen LogP contribution is 2.41. The van der Waals surface area contributed by atoms with Crippen molar-refractivity contribution < 1.29 is 71.4 Å². The van der Waals surface area contributed by atoms with Crippen molar-refractivity contribution in [1.29, 1.82) is 0 Å². The van der Waals surface area contributed by atoms with Crippen molar-refractivity contribution in [2.45, 2.75) is 24.7 Å². The zero-order valence-corrected chi connectivity index (χ0v) is 16.0. The summed E-state index contributed by atoms with van der Waals surface area (Å²) in [6, 6.07) is -2.69. The first-order chi connectivity index (χ1) is 15.5. The number of hydrogen-bond acceptors (Lipinski definition) is 2. The second kappa shape index (κ2) is 8.71. The minimum absolute atomic E-state index is 0.550. The lowest BCUT2D eigenvalue weighted by molar-refractivity contribution is -0.143. The Bertz CT molecular complexity index is 1180. The van der Waals surface area contributed by atoms with Crippen LogP contribution in [0, 0.1) is 11.6 Å². The summed E-state index contributed by atoms with van der Waals surface area (Å²) in [4.78, 5) is 12.2. The van der Waals surface area contributed by atoms with Crippen LogP contribution in [0.4, 0.5) is 61.5 Å². The molecule has 0 spiro atoms. The van der Waals surface area contributed by atoms with Crippen molar-refractivity contribution in [3.8, 4) is 0 Å². The number of ketones is 1. The molecule has 0 atom stereocenters. The summed E-state index contributed by atoms with van der Waals surface area (Å²) in [5, 5.41) is 9.83. The zero-order valence-electron chi connectivity index (χ0n) is 16.0. The molecule has 0 unspecified atom stereocenters. The molecule has 16 heteroatoms. The van der Waals surface area contributed by atoms with Gasteiger partial charge < -0.3 is 5.11 Å². The minimum Gasteiger partial charge on any atom is -0.507 e. The van der Waals surface area contributed by atoms with Crippen LogP contribution in [0.5, 0.6) is 0 Å². The van der Waals surface area contributed by atoms with Gasteiger partial charge in [-0.25, -0.2) is 8.78 Å². The van der Waals surface area contributed by atoms with Gasteiger partial charge in [0.05, 0.1) is 22.3 Å². The summed E-state index contributed by atoms with van der Waals surface area (Å²) in [5.41, 5.74) is -13.3. The van der Waals surface area contributed by atoms with Crippen LogP contribution in [0.2, 0.25) is 0 Å². The first-order valence-electron chi connectivity index (χ1n) is 8.46. The molecule has 0 radical (unpaired) electrons. The van der Waals surface area contributed by atoms with Crippen molar-refractivity contribution >= 4 is 11.5 Å². The fourth-order valence-electron chi connectivity index (χ4n) is 2.75. The van der Waals surface area contributed by atoms with Gasteiger partial charge in [-0.2, -0.15) is 52.7 Å². The van der Waals surface area contributed by atoms with Crippen LogP contribution >= 0.6 is 0 Å². The summed E-state index contributed by atoms with van der Waals surface area (Å²) in [5.74, 6) is -9.31. The minimum atomic E-state index is -5.68. The van der Waals surface area contributed by atoms with Crippen molar-refractivity contribution in [3.05, 3.63) is 75.4 Å². The standard InChI is InChI=1S/C19H6F14O2/c20-12-3-8(16(22,23)24)6(1-10(12)18(28,29)30)14(34)5-15(35)7-2-11(19(31,32)33)13(21)4-9(7)17(25,26)27/h1-5,34H. The summed E-state index contributed by atoms with van der Waals surface area (Å²) < 4.78 is 183. The quantitative estimate of drug-likeness (QED) is 0.190. The predicted octanol–water partition coefficient (Wildman–Crippen LogP) is 7.82. The highest BCUT2D eigenvalue weighted by molar-refractivity contribution is 6.09. The van der Waals surface area contributed by atoms with E-state index in [2.05, 4.69) is 0 Å². The third-order valence-corrected chi connectivity index (χ3v) is 4.25. The van der Waals surface area contributed by atoms with Gasteiger partial charge in [0, 0.05) is 17.2 Å². The van der Waals surface area contributed by atoms with Gasteiger partial charge in [-0.1, -0.05) is 0 Å². The van der Waals surface area contributed by atoms with Gasteiger partial charge >= 0.3 is 24.7 Å². The van der Waals surface area contributed by atoms with Crippen LogP contribution in [0.15, 0.2) is 30.3 Å². The maximum atomic E-state index is 13.6. The monoisotopic (exact) mass is 532 g/mol. The van der Waals surface area contributed by atoms with Crippen LogP contribution in [0.25, 0.3) is 5.76 Å². The predicted molar refractivity (Wildman–Crippen MR) is 87.7 cm³/mol. The second-order valence-electron chi connectivity index (χ2n) is 6.64. The molecule has 0 bridgehead atoms. The Morgan fingerprint density at radius 2 is 0.886 bits per heavy atom. The summed E-state index contributed by atoms with van der Waals surface area (Å²) in [6.07, 6.45) is -23.2. The van der Waals surface area contributed by atoms with E-state index in [-0.39, 0.29) is 0 Å². The Labute approximate surface area is 184 Å². The Morgan fingerprint density at radius 3 is 1.23 bits per heavy atom. The molecule has 2 nitrogen and oxygen atoms in total. The molecule has 0 aromatic heterocycles. The van der Waals surface area contributed by atoms with Crippen LogP contribution in [0.3, 0.4) is 0 Å². The highest BCUT2D eigenvalue weighted by Gasteiger charge is 2.42. The highest BCUT2D eigenvalue weighted by atomic mass is 19.4. The number of halogens is 14. The van der Waals surface area contributed by atoms with Gasteiger partial charge in [-0.05, 0) is 24.3 Å². The summed E-state index contributed by atoms with van der Waals surface area (Å²) >= 11 is 0. The number of carbonyl (C=O) groups excluding carboxylic acids is 1. The second-order valence-corrected chi connectivity index (χ2v) is 6.64. The molecule has 1 N–H and O–H groups in total. The maximum Gasteiger partial charge on any atom is 0.419 e. The van der Waals surface area contributed by atoms with Gasteiger partial charge in [-0.3, -0.25) is 4.79 Å². The van der Waals surface area contributed by atoms with Crippen LogP contribution in [-0.2, 0) is 24.7 Å². The van der Waals surface area contributed by atoms with E-state index in [0.717, 1.165) is 0 Å². The van der Waals surface area contributed by atoms with Crippen molar-refractivity contribution in [3.63, 3.8) is 0 Å². The molecule has 2 aromatic rings. The number of alkyl halides is 12. The first-order valence-corrected chi connectivity index (χ1v) is 8.46. The van der Waals surface area contributed by atoms with E-state index in [4.69, 9.17) is 0 Å². The van der Waals surface area contributed by atoms with Crippen LogP contribution in [0.1, 0.15) is 38.2 Å². The number of benzene rings is 2. The molecule has 0 saturated carbocycles. The van der Waals surface area contributed by atoms with Gasteiger partial charge in [0.15, 0.2) is 5.78 Å². The molecular weight excluding hydrogens is 526 g/mol. The largest absolute Gasteiger partial charge is 0.507 e. The fraction of sp³-hybridized carbons (Fsp3) is 0.211. The van der Waals surface area contributed by atoms with Crippen molar-refractivity contribution in [2.24, 2.45) is 0 Å². The van der Waals surface area contributed by atoms with E-state index in [1.807, 2.05) is 0 Å². The third-order valence-electron chi connectivity index (χ3n) is 4.25. The van der Waals surface area contributed by atoms with Gasteiger partial charge in [0.2, 0.25) is 0 Å². The van der Waals surface area contributed by atoms with E-state index >= 15 is 0 Å². The van der Waals surface area contributed by atoms with E-state index in [1.54, 1.807) is 0 Å². The molecule has 0 aliphatic heterocycles. The molecule has 0 aliphatic rings. The van der Waals surface area contributed by atoms with Crippen molar-refractivity contribution in [1.82, 2.24) is 0 Å². The average molecular weight is 532 g/mol. The lowest BCUT2D eigenvalue weighted by Crippen LogP contribution is -2.18. The summed E-state index contributed by atoms with van der Waals surface area (Å²) in [7, 11) is 0. The van der Waals surface area contributed by atoms with Gasteiger partial charge in [-0.15, -0.1) is 0 Å². The number of aliphatic hydroxyl groups excluding tert-OH is 1. The molecule has 192 valence electrons. The normalized spacial score (nSPS) is 13.8. The molecule has 35 heavy (non-hydrogen) atoms. The smallest absolute Gasteiger partial charge is 0.419 e. The topological polar surface area (TPSA) is 37.3 Å². The van der Waals surface area contributed by atoms with Gasteiger partial charge in [0.1, 0.15) is 17.4 Å². The Kier molecular flexibility index (Phi) is 6.95. The zero-order chi connectivity index (χ0) is 27.3. The number of hydrogen-bond donors (Lipinski definition) is 1. The van der Waals surface area contributed by atoms with E-state index in [9.17, 15) is 71.4 Å². The Hall–Kier alpha value is -3.33. The first kappa shape index (κ1) is 27.9. The number of aliphatic hydroxyl groups is 1.